The SMILES string of the molecule is CC1=C(C(=O)OC(C)(C)C)C(c2ccccc2F)CC(=O)N1Cc1ccccc1F. The molecule has 0 saturated heterocycles. The van der Waals surface area contributed by atoms with Gasteiger partial charge >= 0.3 is 5.97 Å². The molecule has 0 aliphatic carbocycles. The highest BCUT2D eigenvalue weighted by atomic mass is 19.1. The van der Waals surface area contributed by atoms with E-state index < -0.39 is 29.1 Å². The Kier molecular flexibility index (Phi) is 6.06. The molecule has 0 saturated carbocycles. The number of rotatable bonds is 4. The third-order valence-electron chi connectivity index (χ3n) is 5.01. The van der Waals surface area contributed by atoms with Crippen molar-refractivity contribution in [3.63, 3.8) is 0 Å². The molecule has 30 heavy (non-hydrogen) atoms. The summed E-state index contributed by atoms with van der Waals surface area (Å²) in [6.45, 7) is 6.82. The Morgan fingerprint density at radius 3 is 2.27 bits per heavy atom. The van der Waals surface area contributed by atoms with Crippen molar-refractivity contribution in [2.75, 3.05) is 0 Å². The lowest BCUT2D eigenvalue weighted by molar-refractivity contribution is -0.150. The number of nitrogens with zero attached hydrogens (tertiary/aromatic N) is 1. The van der Waals surface area contributed by atoms with Crippen LogP contribution in [0.2, 0.25) is 0 Å². The second kappa shape index (κ2) is 8.38. The lowest BCUT2D eigenvalue weighted by Crippen LogP contribution is -2.39. The maximum atomic E-state index is 14.6. The van der Waals surface area contributed by atoms with Crippen LogP contribution in [0.5, 0.6) is 0 Å². The number of hydrogen-bond acceptors (Lipinski definition) is 3. The van der Waals surface area contributed by atoms with E-state index in [1.165, 1.54) is 17.0 Å². The van der Waals surface area contributed by atoms with E-state index in [9.17, 15) is 18.4 Å². The lowest BCUT2D eigenvalue weighted by Gasteiger charge is -2.35. The fourth-order valence-electron chi connectivity index (χ4n) is 3.62. The summed E-state index contributed by atoms with van der Waals surface area (Å²) in [5.74, 6) is -2.62. The molecule has 1 aliphatic rings. The molecule has 0 aromatic heterocycles. The highest BCUT2D eigenvalue weighted by Crippen LogP contribution is 2.39. The molecule has 1 atom stereocenters. The van der Waals surface area contributed by atoms with E-state index in [4.69, 9.17) is 4.74 Å². The van der Waals surface area contributed by atoms with E-state index in [0.29, 0.717) is 11.3 Å². The average molecular weight is 413 g/mol. The number of hydrogen-bond donors (Lipinski definition) is 0. The van der Waals surface area contributed by atoms with Crippen LogP contribution in [0.15, 0.2) is 59.8 Å². The van der Waals surface area contributed by atoms with E-state index in [1.54, 1.807) is 64.1 Å². The van der Waals surface area contributed by atoms with Crippen molar-refractivity contribution >= 4 is 11.9 Å². The highest BCUT2D eigenvalue weighted by Gasteiger charge is 2.39. The van der Waals surface area contributed by atoms with E-state index in [2.05, 4.69) is 0 Å². The molecule has 0 radical (unpaired) electrons. The third kappa shape index (κ3) is 4.58. The molecule has 3 rings (SSSR count). The van der Waals surface area contributed by atoms with Gasteiger partial charge in [-0.05, 0) is 45.4 Å². The van der Waals surface area contributed by atoms with Gasteiger partial charge in [0.2, 0.25) is 5.91 Å². The van der Waals surface area contributed by atoms with Gasteiger partial charge in [-0.3, -0.25) is 4.79 Å². The zero-order valence-corrected chi connectivity index (χ0v) is 17.5. The maximum Gasteiger partial charge on any atom is 0.336 e. The summed E-state index contributed by atoms with van der Waals surface area (Å²) < 4.78 is 34.3. The molecule has 1 unspecified atom stereocenters. The van der Waals surface area contributed by atoms with Gasteiger partial charge in [0, 0.05) is 23.6 Å². The predicted octanol–water partition coefficient (Wildman–Crippen LogP) is 5.10. The molecule has 2 aromatic carbocycles. The van der Waals surface area contributed by atoms with Gasteiger partial charge in [-0.25, -0.2) is 13.6 Å². The molecule has 0 fully saturated rings. The van der Waals surface area contributed by atoms with Crippen molar-refractivity contribution in [1.29, 1.82) is 0 Å². The summed E-state index contributed by atoms with van der Waals surface area (Å²) in [5.41, 5.74) is 0.389. The van der Waals surface area contributed by atoms with Crippen LogP contribution in [0.1, 0.15) is 51.2 Å². The van der Waals surface area contributed by atoms with Gasteiger partial charge in [-0.15, -0.1) is 0 Å². The molecule has 4 nitrogen and oxygen atoms in total. The van der Waals surface area contributed by atoms with Gasteiger partial charge in [0.15, 0.2) is 0 Å². The highest BCUT2D eigenvalue weighted by molar-refractivity contribution is 5.96. The summed E-state index contributed by atoms with van der Waals surface area (Å²) in [6.07, 6.45) is -0.110. The average Bonchev–Trinajstić information content (AvgIpc) is 2.65. The molecule has 2 aromatic rings. The minimum absolute atomic E-state index is 0.0202. The Bertz CT molecular complexity index is 1010. The Morgan fingerprint density at radius 2 is 1.67 bits per heavy atom. The first-order chi connectivity index (χ1) is 14.1. The van der Waals surface area contributed by atoms with Crippen LogP contribution in [0.4, 0.5) is 8.78 Å². The molecule has 0 N–H and O–H groups in total. The van der Waals surface area contributed by atoms with Gasteiger partial charge < -0.3 is 9.64 Å². The monoisotopic (exact) mass is 413 g/mol. The molecular weight excluding hydrogens is 388 g/mol. The summed E-state index contributed by atoms with van der Waals surface area (Å²) in [6, 6.07) is 12.2. The number of ether oxygens (including phenoxy) is 1. The molecule has 1 aliphatic heterocycles. The van der Waals surface area contributed by atoms with E-state index in [-0.39, 0.29) is 30.0 Å². The largest absolute Gasteiger partial charge is 0.457 e. The standard InChI is InChI=1S/C24H25F2NO3/c1-15-22(23(29)30-24(2,3)4)18(17-10-6-8-12-20(17)26)13-21(28)27(15)14-16-9-5-7-11-19(16)25/h5-12,18H,13-14H2,1-4H3. The fraction of sp³-hybridized carbons (Fsp3) is 0.333. The van der Waals surface area contributed by atoms with Crippen LogP contribution >= 0.6 is 0 Å². The summed E-state index contributed by atoms with van der Waals surface area (Å²) in [4.78, 5) is 27.4. The van der Waals surface area contributed by atoms with Crippen molar-refractivity contribution in [3.8, 4) is 0 Å². The fourth-order valence-corrected chi connectivity index (χ4v) is 3.62. The minimum atomic E-state index is -0.773. The molecule has 1 amide bonds. The van der Waals surface area contributed by atoms with E-state index >= 15 is 0 Å². The molecule has 6 heteroatoms. The Balaban J connectivity index is 2.09. The van der Waals surface area contributed by atoms with Gasteiger partial charge in [-0.1, -0.05) is 36.4 Å². The molecule has 0 spiro atoms. The molecular formula is C24H25F2NO3. The van der Waals surface area contributed by atoms with Crippen LogP contribution < -0.4 is 0 Å². The number of amides is 1. The van der Waals surface area contributed by atoms with Crippen molar-refractivity contribution in [1.82, 2.24) is 4.90 Å². The molecule has 1 heterocycles. The summed E-state index contributed by atoms with van der Waals surface area (Å²) >= 11 is 0. The Labute approximate surface area is 175 Å². The van der Waals surface area contributed by atoms with Gasteiger partial charge in [0.1, 0.15) is 17.2 Å². The maximum absolute atomic E-state index is 14.6. The van der Waals surface area contributed by atoms with Gasteiger partial charge in [-0.2, -0.15) is 0 Å². The second-order valence-electron chi connectivity index (χ2n) is 8.35. The zero-order valence-electron chi connectivity index (χ0n) is 17.5. The van der Waals surface area contributed by atoms with Gasteiger partial charge in [0.25, 0.3) is 0 Å². The normalized spacial score (nSPS) is 17.3. The number of carbonyl (C=O) groups excluding carboxylic acids is 2. The van der Waals surface area contributed by atoms with Crippen LogP contribution in [0.3, 0.4) is 0 Å². The zero-order chi connectivity index (χ0) is 22.1. The van der Waals surface area contributed by atoms with E-state index in [1.807, 2.05) is 0 Å². The van der Waals surface area contributed by atoms with Crippen molar-refractivity contribution < 1.29 is 23.1 Å². The van der Waals surface area contributed by atoms with Crippen LogP contribution in [0.25, 0.3) is 0 Å². The van der Waals surface area contributed by atoms with Crippen LogP contribution in [0, 0.1) is 11.6 Å². The Morgan fingerprint density at radius 1 is 1.07 bits per heavy atom. The number of esters is 1. The van der Waals surface area contributed by atoms with Crippen LogP contribution in [-0.4, -0.2) is 22.4 Å². The number of halogens is 2. The van der Waals surface area contributed by atoms with Crippen molar-refractivity contribution in [2.45, 2.75) is 52.2 Å². The third-order valence-corrected chi connectivity index (χ3v) is 5.01. The number of allylic oxidation sites excluding steroid dienone is 1. The first kappa shape index (κ1) is 21.7. The number of carbonyl (C=O) groups is 2. The van der Waals surface area contributed by atoms with Gasteiger partial charge in [0.05, 0.1) is 12.1 Å². The van der Waals surface area contributed by atoms with Crippen molar-refractivity contribution in [2.24, 2.45) is 0 Å². The van der Waals surface area contributed by atoms with Crippen molar-refractivity contribution in [3.05, 3.63) is 82.6 Å². The van der Waals surface area contributed by atoms with Crippen LogP contribution in [-0.2, 0) is 20.9 Å². The summed E-state index contributed by atoms with van der Waals surface area (Å²) in [7, 11) is 0. The summed E-state index contributed by atoms with van der Waals surface area (Å²) in [5, 5.41) is 0. The van der Waals surface area contributed by atoms with E-state index in [0.717, 1.165) is 0 Å². The second-order valence-corrected chi connectivity index (χ2v) is 8.35. The predicted molar refractivity (Wildman–Crippen MR) is 109 cm³/mol. The smallest absolute Gasteiger partial charge is 0.336 e. The molecule has 158 valence electrons. The quantitative estimate of drug-likeness (QED) is 0.656. The first-order valence-corrected chi connectivity index (χ1v) is 9.81. The minimum Gasteiger partial charge on any atom is -0.457 e. The first-order valence-electron chi connectivity index (χ1n) is 9.81. The topological polar surface area (TPSA) is 46.6 Å². The molecule has 0 bridgehead atoms. The Hall–Kier alpha value is -3.02. The number of benzene rings is 2. The lowest BCUT2D eigenvalue weighted by atomic mass is 9.83.